The SMILES string of the molecule is COc1ccc(-c2cn3c(CC(=O)Nc4cc(OC)ccc4OC)csc3n2)cc1.Cl. The number of fused-ring (bicyclic) bond motifs is 1. The molecule has 0 saturated heterocycles. The minimum absolute atomic E-state index is 0. The van der Waals surface area contributed by atoms with Crippen molar-refractivity contribution in [2.24, 2.45) is 0 Å². The highest BCUT2D eigenvalue weighted by Gasteiger charge is 2.14. The van der Waals surface area contributed by atoms with E-state index in [0.717, 1.165) is 27.7 Å². The van der Waals surface area contributed by atoms with Crippen molar-refractivity contribution in [1.82, 2.24) is 9.38 Å². The fourth-order valence-corrected chi connectivity index (χ4v) is 4.00. The van der Waals surface area contributed by atoms with Crippen molar-refractivity contribution >= 4 is 40.3 Å². The third-order valence-corrected chi connectivity index (χ3v) is 5.58. The molecule has 0 spiro atoms. The molecule has 2 aromatic heterocycles. The molecule has 0 atom stereocenters. The molecular formula is C22H22ClN3O4S. The van der Waals surface area contributed by atoms with E-state index in [-0.39, 0.29) is 24.7 Å². The lowest BCUT2D eigenvalue weighted by Crippen LogP contribution is -2.16. The van der Waals surface area contributed by atoms with Crippen LogP contribution in [0.2, 0.25) is 0 Å². The summed E-state index contributed by atoms with van der Waals surface area (Å²) in [5.41, 5.74) is 3.27. The summed E-state index contributed by atoms with van der Waals surface area (Å²) in [7, 11) is 4.78. The summed E-state index contributed by atoms with van der Waals surface area (Å²) >= 11 is 1.50. The van der Waals surface area contributed by atoms with Gasteiger partial charge in [0.25, 0.3) is 0 Å². The van der Waals surface area contributed by atoms with Crippen LogP contribution in [0.4, 0.5) is 5.69 Å². The van der Waals surface area contributed by atoms with Crippen molar-refractivity contribution in [2.45, 2.75) is 6.42 Å². The fourth-order valence-electron chi connectivity index (χ4n) is 3.13. The Kier molecular flexibility index (Phi) is 7.04. The van der Waals surface area contributed by atoms with E-state index >= 15 is 0 Å². The maximum atomic E-state index is 12.7. The zero-order chi connectivity index (χ0) is 21.1. The maximum Gasteiger partial charge on any atom is 0.230 e. The summed E-state index contributed by atoms with van der Waals surface area (Å²) in [6, 6.07) is 13.0. The molecule has 9 heteroatoms. The Morgan fingerprint density at radius 1 is 1.03 bits per heavy atom. The zero-order valence-corrected chi connectivity index (χ0v) is 18.9. The first kappa shape index (κ1) is 22.5. The number of hydrogen-bond acceptors (Lipinski definition) is 6. The quantitative estimate of drug-likeness (QED) is 0.434. The van der Waals surface area contributed by atoms with Gasteiger partial charge >= 0.3 is 0 Å². The van der Waals surface area contributed by atoms with Crippen LogP contribution in [0, 0.1) is 0 Å². The van der Waals surface area contributed by atoms with Gasteiger partial charge in [0, 0.05) is 28.9 Å². The molecular weight excluding hydrogens is 438 g/mol. The van der Waals surface area contributed by atoms with Gasteiger partial charge in [-0.2, -0.15) is 0 Å². The highest BCUT2D eigenvalue weighted by molar-refractivity contribution is 7.15. The zero-order valence-electron chi connectivity index (χ0n) is 17.2. The van der Waals surface area contributed by atoms with Crippen LogP contribution in [0.1, 0.15) is 5.69 Å². The molecule has 2 aromatic carbocycles. The summed E-state index contributed by atoms with van der Waals surface area (Å²) < 4.78 is 17.7. The van der Waals surface area contributed by atoms with E-state index in [1.807, 2.05) is 40.2 Å². The Labute approximate surface area is 190 Å². The summed E-state index contributed by atoms with van der Waals surface area (Å²) in [6.45, 7) is 0. The second-order valence-electron chi connectivity index (χ2n) is 6.53. The summed E-state index contributed by atoms with van der Waals surface area (Å²) in [6.07, 6.45) is 2.15. The number of methoxy groups -OCH3 is 3. The van der Waals surface area contributed by atoms with Gasteiger partial charge in [0.1, 0.15) is 17.2 Å². The topological polar surface area (TPSA) is 74.1 Å². The molecule has 31 heavy (non-hydrogen) atoms. The van der Waals surface area contributed by atoms with E-state index in [4.69, 9.17) is 14.2 Å². The molecule has 1 N–H and O–H groups in total. The van der Waals surface area contributed by atoms with Crippen LogP contribution in [-0.4, -0.2) is 36.6 Å². The van der Waals surface area contributed by atoms with E-state index in [1.54, 1.807) is 39.5 Å². The molecule has 0 aliphatic rings. The number of anilines is 1. The first-order valence-corrected chi connectivity index (χ1v) is 10.1. The van der Waals surface area contributed by atoms with E-state index in [0.29, 0.717) is 17.2 Å². The molecule has 162 valence electrons. The Morgan fingerprint density at radius 3 is 2.42 bits per heavy atom. The number of amides is 1. The maximum absolute atomic E-state index is 12.7. The van der Waals surface area contributed by atoms with Crippen LogP contribution in [-0.2, 0) is 11.2 Å². The Bertz CT molecular complexity index is 1190. The summed E-state index contributed by atoms with van der Waals surface area (Å²) in [5.74, 6) is 1.86. The van der Waals surface area contributed by atoms with Gasteiger partial charge in [0.15, 0.2) is 4.96 Å². The molecule has 1 amide bonds. The molecule has 0 aliphatic heterocycles. The van der Waals surface area contributed by atoms with Gasteiger partial charge in [-0.25, -0.2) is 4.98 Å². The van der Waals surface area contributed by atoms with E-state index in [1.165, 1.54) is 11.3 Å². The molecule has 0 saturated carbocycles. The van der Waals surface area contributed by atoms with Crippen molar-refractivity contribution in [1.29, 1.82) is 0 Å². The number of benzene rings is 2. The van der Waals surface area contributed by atoms with Crippen molar-refractivity contribution in [3.05, 3.63) is 59.7 Å². The second kappa shape index (κ2) is 9.72. The number of imidazole rings is 1. The van der Waals surface area contributed by atoms with Gasteiger partial charge < -0.3 is 19.5 Å². The first-order valence-electron chi connectivity index (χ1n) is 9.23. The van der Waals surface area contributed by atoms with Gasteiger partial charge in [-0.3, -0.25) is 9.20 Å². The molecule has 0 bridgehead atoms. The number of carbonyl (C=O) groups excluding carboxylic acids is 1. The number of halogens is 1. The molecule has 0 radical (unpaired) electrons. The van der Waals surface area contributed by atoms with Crippen LogP contribution in [0.25, 0.3) is 16.2 Å². The van der Waals surface area contributed by atoms with Crippen LogP contribution in [0.3, 0.4) is 0 Å². The standard InChI is InChI=1S/C22H21N3O4S.ClH/c1-27-16-6-4-14(5-7-16)19-12-25-15(13-30-22(25)24-19)10-21(26)23-18-11-17(28-2)8-9-20(18)29-3;/h4-9,11-13H,10H2,1-3H3,(H,23,26);1H. The van der Waals surface area contributed by atoms with E-state index < -0.39 is 0 Å². The lowest BCUT2D eigenvalue weighted by Gasteiger charge is -2.11. The van der Waals surface area contributed by atoms with Crippen molar-refractivity contribution in [2.75, 3.05) is 26.6 Å². The average molecular weight is 460 g/mol. The monoisotopic (exact) mass is 459 g/mol. The van der Waals surface area contributed by atoms with Crippen LogP contribution >= 0.6 is 23.7 Å². The van der Waals surface area contributed by atoms with Crippen molar-refractivity contribution < 1.29 is 19.0 Å². The predicted octanol–water partition coefficient (Wildman–Crippen LogP) is 4.69. The second-order valence-corrected chi connectivity index (χ2v) is 7.36. The predicted molar refractivity (Wildman–Crippen MR) is 124 cm³/mol. The number of aromatic nitrogens is 2. The van der Waals surface area contributed by atoms with Crippen LogP contribution in [0.5, 0.6) is 17.2 Å². The minimum atomic E-state index is -0.152. The highest BCUT2D eigenvalue weighted by atomic mass is 35.5. The molecule has 4 rings (SSSR count). The third-order valence-electron chi connectivity index (χ3n) is 4.69. The van der Waals surface area contributed by atoms with Gasteiger partial charge in [-0.1, -0.05) is 0 Å². The van der Waals surface area contributed by atoms with E-state index in [9.17, 15) is 4.79 Å². The Morgan fingerprint density at radius 2 is 1.74 bits per heavy atom. The fraction of sp³-hybridized carbons (Fsp3) is 0.182. The first-order chi connectivity index (χ1) is 14.6. The number of hydrogen-bond donors (Lipinski definition) is 1. The van der Waals surface area contributed by atoms with Crippen LogP contribution < -0.4 is 19.5 Å². The van der Waals surface area contributed by atoms with Crippen LogP contribution in [0.15, 0.2) is 54.0 Å². The number of ether oxygens (including phenoxy) is 3. The molecule has 4 aromatic rings. The smallest absolute Gasteiger partial charge is 0.230 e. The Balaban J connectivity index is 0.00000272. The number of rotatable bonds is 7. The van der Waals surface area contributed by atoms with Crippen molar-refractivity contribution in [3.63, 3.8) is 0 Å². The summed E-state index contributed by atoms with van der Waals surface area (Å²) in [4.78, 5) is 18.2. The molecule has 2 heterocycles. The number of nitrogens with one attached hydrogen (secondary N) is 1. The van der Waals surface area contributed by atoms with Crippen molar-refractivity contribution in [3.8, 4) is 28.5 Å². The molecule has 0 fully saturated rings. The van der Waals surface area contributed by atoms with Gasteiger partial charge in [-0.05, 0) is 36.4 Å². The van der Waals surface area contributed by atoms with Gasteiger partial charge in [0.2, 0.25) is 5.91 Å². The lowest BCUT2D eigenvalue weighted by atomic mass is 10.2. The largest absolute Gasteiger partial charge is 0.497 e. The summed E-state index contributed by atoms with van der Waals surface area (Å²) in [5, 5.41) is 4.85. The third kappa shape index (κ3) is 4.76. The van der Waals surface area contributed by atoms with Gasteiger partial charge in [0.05, 0.1) is 39.1 Å². The molecule has 0 aliphatic carbocycles. The highest BCUT2D eigenvalue weighted by Crippen LogP contribution is 2.29. The normalized spacial score (nSPS) is 10.4. The van der Waals surface area contributed by atoms with Gasteiger partial charge in [-0.15, -0.1) is 23.7 Å². The minimum Gasteiger partial charge on any atom is -0.497 e. The average Bonchev–Trinajstić information content (AvgIpc) is 3.35. The number of thiazole rings is 1. The number of carbonyl (C=O) groups is 1. The molecule has 7 nitrogen and oxygen atoms in total. The van der Waals surface area contributed by atoms with E-state index in [2.05, 4.69) is 10.3 Å². The lowest BCUT2D eigenvalue weighted by molar-refractivity contribution is -0.115. The Hall–Kier alpha value is -3.23. The molecule has 0 unspecified atom stereocenters. The number of nitrogens with zero attached hydrogens (tertiary/aromatic N) is 2.